The van der Waals surface area contributed by atoms with Gasteiger partial charge >= 0.3 is 0 Å². The van der Waals surface area contributed by atoms with Crippen LogP contribution in [0.4, 0.5) is 0 Å². The van der Waals surface area contributed by atoms with Crippen molar-refractivity contribution >= 4 is 11.6 Å². The molecule has 1 aromatic carbocycles. The van der Waals surface area contributed by atoms with Gasteiger partial charge in [-0.3, -0.25) is 0 Å². The summed E-state index contributed by atoms with van der Waals surface area (Å²) in [5, 5.41) is 4.19. The van der Waals surface area contributed by atoms with E-state index < -0.39 is 0 Å². The van der Waals surface area contributed by atoms with Crippen LogP contribution < -0.4 is 14.8 Å². The largest absolute Gasteiger partial charge is 0.491 e. The van der Waals surface area contributed by atoms with E-state index in [4.69, 9.17) is 21.1 Å². The Morgan fingerprint density at radius 2 is 2.20 bits per heavy atom. The standard InChI is InChI=1S/C16H22ClNO2/c1-16(6-3-7-18-16)12-8-13(17)15(19-2)14(9-12)20-10-11-4-5-11/h8-9,11,18H,3-7,10H2,1-2H3. The monoisotopic (exact) mass is 295 g/mol. The summed E-state index contributed by atoms with van der Waals surface area (Å²) < 4.78 is 11.3. The second-order valence-corrected chi connectivity index (χ2v) is 6.51. The number of halogens is 1. The molecule has 0 amide bonds. The van der Waals surface area contributed by atoms with Gasteiger partial charge in [0.05, 0.1) is 18.7 Å². The summed E-state index contributed by atoms with van der Waals surface area (Å²) in [7, 11) is 1.64. The Morgan fingerprint density at radius 3 is 2.80 bits per heavy atom. The predicted molar refractivity (Wildman–Crippen MR) is 80.8 cm³/mol. The zero-order valence-corrected chi connectivity index (χ0v) is 12.9. The summed E-state index contributed by atoms with van der Waals surface area (Å²) in [6, 6.07) is 4.09. The van der Waals surface area contributed by atoms with E-state index in [2.05, 4.69) is 18.3 Å². The molecular weight excluding hydrogens is 274 g/mol. The molecule has 1 N–H and O–H groups in total. The third-order valence-corrected chi connectivity index (χ3v) is 4.67. The summed E-state index contributed by atoms with van der Waals surface area (Å²) in [5.41, 5.74) is 1.18. The average Bonchev–Trinajstić information content (AvgIpc) is 3.16. The molecule has 110 valence electrons. The molecule has 4 heteroatoms. The van der Waals surface area contributed by atoms with Crippen LogP contribution in [-0.4, -0.2) is 20.3 Å². The third-order valence-electron chi connectivity index (χ3n) is 4.39. The predicted octanol–water partition coefficient (Wildman–Crippen LogP) is 3.74. The fourth-order valence-electron chi connectivity index (χ4n) is 2.83. The molecule has 2 fully saturated rings. The maximum atomic E-state index is 6.37. The highest BCUT2D eigenvalue weighted by molar-refractivity contribution is 6.32. The molecule has 1 aromatic rings. The van der Waals surface area contributed by atoms with Crippen LogP contribution in [-0.2, 0) is 5.54 Å². The SMILES string of the molecule is COc1c(Cl)cc(C2(C)CCCN2)cc1OCC1CC1. The van der Waals surface area contributed by atoms with Crippen LogP contribution in [0.2, 0.25) is 5.02 Å². The van der Waals surface area contributed by atoms with E-state index in [-0.39, 0.29) is 5.54 Å². The summed E-state index contributed by atoms with van der Waals surface area (Å²) in [5.74, 6) is 2.14. The molecule has 0 radical (unpaired) electrons. The van der Waals surface area contributed by atoms with Crippen LogP contribution in [0.5, 0.6) is 11.5 Å². The van der Waals surface area contributed by atoms with E-state index >= 15 is 0 Å². The van der Waals surface area contributed by atoms with Gasteiger partial charge in [0.25, 0.3) is 0 Å². The molecule has 1 saturated carbocycles. The van der Waals surface area contributed by atoms with Crippen molar-refractivity contribution in [2.24, 2.45) is 5.92 Å². The van der Waals surface area contributed by atoms with Crippen molar-refractivity contribution in [1.29, 1.82) is 0 Å². The fraction of sp³-hybridized carbons (Fsp3) is 0.625. The Bertz CT molecular complexity index is 493. The Labute approximate surface area is 125 Å². The highest BCUT2D eigenvalue weighted by atomic mass is 35.5. The minimum absolute atomic E-state index is 0.00635. The van der Waals surface area contributed by atoms with Gasteiger partial charge in [-0.1, -0.05) is 11.6 Å². The van der Waals surface area contributed by atoms with Crippen LogP contribution in [0, 0.1) is 5.92 Å². The average molecular weight is 296 g/mol. The van der Waals surface area contributed by atoms with Crippen LogP contribution >= 0.6 is 11.6 Å². The molecule has 2 aliphatic rings. The summed E-state index contributed by atoms with van der Waals surface area (Å²) in [4.78, 5) is 0. The molecule has 1 unspecified atom stereocenters. The first-order valence-corrected chi connectivity index (χ1v) is 7.76. The Kier molecular flexibility index (Phi) is 3.83. The number of hydrogen-bond acceptors (Lipinski definition) is 3. The maximum Gasteiger partial charge on any atom is 0.179 e. The van der Waals surface area contributed by atoms with Crippen molar-refractivity contribution in [3.8, 4) is 11.5 Å². The molecule has 3 nitrogen and oxygen atoms in total. The van der Waals surface area contributed by atoms with E-state index in [9.17, 15) is 0 Å². The van der Waals surface area contributed by atoms with E-state index in [0.29, 0.717) is 16.7 Å². The zero-order valence-electron chi connectivity index (χ0n) is 12.2. The minimum Gasteiger partial charge on any atom is -0.491 e. The number of benzene rings is 1. The van der Waals surface area contributed by atoms with Gasteiger partial charge in [0, 0.05) is 5.54 Å². The van der Waals surface area contributed by atoms with Gasteiger partial charge in [-0.25, -0.2) is 0 Å². The fourth-order valence-corrected chi connectivity index (χ4v) is 3.11. The second-order valence-electron chi connectivity index (χ2n) is 6.11. The lowest BCUT2D eigenvalue weighted by atomic mass is 9.90. The number of hydrogen-bond donors (Lipinski definition) is 1. The van der Waals surface area contributed by atoms with Crippen molar-refractivity contribution in [2.75, 3.05) is 20.3 Å². The Morgan fingerprint density at radius 1 is 1.40 bits per heavy atom. The van der Waals surface area contributed by atoms with Crippen LogP contribution in [0.25, 0.3) is 0 Å². The van der Waals surface area contributed by atoms with Crippen molar-refractivity contribution < 1.29 is 9.47 Å². The zero-order chi connectivity index (χ0) is 14.2. The Hall–Kier alpha value is -0.930. The van der Waals surface area contributed by atoms with Crippen LogP contribution in [0.15, 0.2) is 12.1 Å². The minimum atomic E-state index is -0.00635. The normalized spacial score (nSPS) is 25.8. The first-order chi connectivity index (χ1) is 9.62. The second kappa shape index (κ2) is 5.45. The van der Waals surface area contributed by atoms with E-state index in [1.165, 1.54) is 24.8 Å². The molecule has 0 spiro atoms. The van der Waals surface area contributed by atoms with Gasteiger partial charge in [0.2, 0.25) is 0 Å². The van der Waals surface area contributed by atoms with Crippen LogP contribution in [0.3, 0.4) is 0 Å². The number of ether oxygens (including phenoxy) is 2. The van der Waals surface area contributed by atoms with Gasteiger partial charge in [-0.15, -0.1) is 0 Å². The molecule has 3 rings (SSSR count). The van der Waals surface area contributed by atoms with Crippen molar-refractivity contribution in [3.63, 3.8) is 0 Å². The van der Waals surface area contributed by atoms with Crippen molar-refractivity contribution in [1.82, 2.24) is 5.32 Å². The van der Waals surface area contributed by atoms with E-state index in [0.717, 1.165) is 25.3 Å². The topological polar surface area (TPSA) is 30.5 Å². The molecule has 20 heavy (non-hydrogen) atoms. The summed E-state index contributed by atoms with van der Waals surface area (Å²) >= 11 is 6.37. The first kappa shape index (κ1) is 14.0. The van der Waals surface area contributed by atoms with E-state index in [1.807, 2.05) is 6.07 Å². The van der Waals surface area contributed by atoms with Crippen LogP contribution in [0.1, 0.15) is 38.2 Å². The summed E-state index contributed by atoms with van der Waals surface area (Å²) in [6.45, 7) is 4.04. The molecular formula is C16H22ClNO2. The lowest BCUT2D eigenvalue weighted by Gasteiger charge is -2.26. The lowest BCUT2D eigenvalue weighted by Crippen LogP contribution is -2.33. The molecule has 1 aliphatic carbocycles. The summed E-state index contributed by atoms with van der Waals surface area (Å²) in [6.07, 6.45) is 4.86. The number of nitrogens with one attached hydrogen (secondary N) is 1. The maximum absolute atomic E-state index is 6.37. The lowest BCUT2D eigenvalue weighted by molar-refractivity contribution is 0.279. The molecule has 1 saturated heterocycles. The van der Waals surface area contributed by atoms with Gasteiger partial charge < -0.3 is 14.8 Å². The van der Waals surface area contributed by atoms with Crippen molar-refractivity contribution in [2.45, 2.75) is 38.1 Å². The Balaban J connectivity index is 1.90. The highest BCUT2D eigenvalue weighted by Gasteiger charge is 2.32. The van der Waals surface area contributed by atoms with Gasteiger partial charge in [0.15, 0.2) is 11.5 Å². The van der Waals surface area contributed by atoms with Crippen molar-refractivity contribution in [3.05, 3.63) is 22.7 Å². The van der Waals surface area contributed by atoms with E-state index in [1.54, 1.807) is 7.11 Å². The molecule has 1 heterocycles. The molecule has 1 atom stereocenters. The van der Waals surface area contributed by atoms with Gasteiger partial charge in [-0.2, -0.15) is 0 Å². The molecule has 0 bridgehead atoms. The molecule has 1 aliphatic heterocycles. The number of methoxy groups -OCH3 is 1. The third kappa shape index (κ3) is 2.75. The van der Waals surface area contributed by atoms with Gasteiger partial charge in [-0.05, 0) is 62.8 Å². The van der Waals surface area contributed by atoms with Gasteiger partial charge in [0.1, 0.15) is 0 Å². The number of rotatable bonds is 5. The molecule has 0 aromatic heterocycles. The quantitative estimate of drug-likeness (QED) is 0.898. The first-order valence-electron chi connectivity index (χ1n) is 7.38. The highest BCUT2D eigenvalue weighted by Crippen LogP contribution is 2.42. The smallest absolute Gasteiger partial charge is 0.179 e.